The van der Waals surface area contributed by atoms with Crippen molar-refractivity contribution in [3.63, 3.8) is 0 Å². The van der Waals surface area contributed by atoms with Gasteiger partial charge in [-0.25, -0.2) is 0 Å². The summed E-state index contributed by atoms with van der Waals surface area (Å²) in [7, 11) is 0. The average molecular weight is 375 g/mol. The van der Waals surface area contributed by atoms with Crippen LogP contribution in [0.5, 0.6) is 0 Å². The van der Waals surface area contributed by atoms with Gasteiger partial charge in [0.1, 0.15) is 0 Å². The Morgan fingerprint density at radius 1 is 0.524 bits per heavy atom. The quantitative estimate of drug-likeness (QED) is 0.584. The van der Waals surface area contributed by atoms with Gasteiger partial charge in [-0.2, -0.15) is 0 Å². The van der Waals surface area contributed by atoms with Gasteiger partial charge in [0.2, 0.25) is 0 Å². The molecule has 0 amide bonds. The van der Waals surface area contributed by atoms with Crippen LogP contribution in [0, 0.1) is 0 Å². The third-order valence-electron chi connectivity index (χ3n) is 3.76. The minimum absolute atomic E-state index is 0.703. The second-order valence-corrected chi connectivity index (χ2v) is 14.7. The van der Waals surface area contributed by atoms with E-state index in [1.54, 1.807) is 0 Å². The molecule has 106 valence electrons. The Labute approximate surface area is 136 Å². The van der Waals surface area contributed by atoms with Crippen molar-refractivity contribution < 1.29 is 0 Å². The fraction of sp³-hybridized carbons (Fsp3) is 0. The van der Waals surface area contributed by atoms with E-state index in [4.69, 9.17) is 0 Å². The van der Waals surface area contributed by atoms with Crippen molar-refractivity contribution in [2.24, 2.45) is 0 Å². The average Bonchev–Trinajstić information content (AvgIpc) is 2.59. The predicted molar refractivity (Wildman–Crippen MR) is 104 cm³/mol. The zero-order valence-electron chi connectivity index (χ0n) is 11.5. The molecule has 21 heavy (non-hydrogen) atoms. The van der Waals surface area contributed by atoms with Crippen LogP contribution in [0.15, 0.2) is 91.0 Å². The number of hydrogen-bond donors (Lipinski definition) is 0. The Balaban J connectivity index is 2.29. The maximum absolute atomic E-state index is 3.87. The normalized spacial score (nSPS) is 12.6. The van der Waals surface area contributed by atoms with Crippen molar-refractivity contribution in [1.29, 1.82) is 0 Å². The van der Waals surface area contributed by atoms with Crippen LogP contribution >= 0.6 is 29.4 Å². The molecule has 3 aromatic carbocycles. The molecule has 0 N–H and O–H groups in total. The molecule has 0 aliphatic carbocycles. The summed E-state index contributed by atoms with van der Waals surface area (Å²) in [6.07, 6.45) is 0. The van der Waals surface area contributed by atoms with E-state index in [0.717, 1.165) is 0 Å². The molecule has 0 nitrogen and oxygen atoms in total. The Morgan fingerprint density at radius 2 is 0.810 bits per heavy atom. The number of halogens is 1. The first-order chi connectivity index (χ1) is 10.4. The fourth-order valence-electron chi connectivity index (χ4n) is 2.73. The van der Waals surface area contributed by atoms with E-state index < -0.39 is 6.95 Å². The summed E-state index contributed by atoms with van der Waals surface area (Å²) >= 11 is 3.87. The van der Waals surface area contributed by atoms with E-state index in [2.05, 4.69) is 106 Å². The summed E-state index contributed by atoms with van der Waals surface area (Å²) in [4.78, 5) is 0. The third kappa shape index (κ3) is 2.84. The van der Waals surface area contributed by atoms with Crippen LogP contribution in [-0.4, -0.2) is 0 Å². The monoisotopic (exact) mass is 374 g/mol. The molecule has 0 spiro atoms. The topological polar surface area (TPSA) is 0 Å². The van der Waals surface area contributed by atoms with Crippen LogP contribution < -0.4 is 15.9 Å². The number of hydrogen-bond acceptors (Lipinski definition) is 0. The summed E-state index contributed by atoms with van der Waals surface area (Å²) < 4.78 is 0. The van der Waals surface area contributed by atoms with Crippen molar-refractivity contribution in [3.05, 3.63) is 91.0 Å². The van der Waals surface area contributed by atoms with Crippen LogP contribution in [0.2, 0.25) is 0 Å². The van der Waals surface area contributed by atoms with Gasteiger partial charge in [0.05, 0.1) is 0 Å². The van der Waals surface area contributed by atoms with Crippen molar-refractivity contribution >= 4 is 45.3 Å². The van der Waals surface area contributed by atoms with Gasteiger partial charge in [0.15, 0.2) is 0 Å². The van der Waals surface area contributed by atoms with Gasteiger partial charge in [0, 0.05) is 0 Å². The predicted octanol–water partition coefficient (Wildman–Crippen LogP) is 4.62. The Hall–Kier alpha value is -1.00. The van der Waals surface area contributed by atoms with Crippen molar-refractivity contribution in [2.45, 2.75) is 0 Å². The molecule has 1 unspecified atom stereocenters. The van der Waals surface area contributed by atoms with E-state index in [1.165, 1.54) is 15.9 Å². The zero-order chi connectivity index (χ0) is 14.5. The molecule has 0 heterocycles. The van der Waals surface area contributed by atoms with Gasteiger partial charge >= 0.3 is 136 Å². The van der Waals surface area contributed by atoms with E-state index in [9.17, 15) is 0 Å². The molecular weight excluding hydrogens is 358 g/mol. The minimum atomic E-state index is -1.95. The molecule has 0 aliphatic rings. The van der Waals surface area contributed by atoms with Crippen LogP contribution in [0.4, 0.5) is 0 Å². The van der Waals surface area contributed by atoms with E-state index in [0.29, 0.717) is 6.97 Å². The molecule has 0 fully saturated rings. The van der Waals surface area contributed by atoms with E-state index in [1.807, 2.05) is 0 Å². The molecule has 0 saturated heterocycles. The summed E-state index contributed by atoms with van der Waals surface area (Å²) in [6, 6.07) is 32.8. The summed E-state index contributed by atoms with van der Waals surface area (Å²) in [6.45, 7) is -1.25. The second kappa shape index (κ2) is 6.84. The number of benzene rings is 3. The Morgan fingerprint density at radius 3 is 1.05 bits per heavy atom. The molecule has 0 aliphatic heterocycles. The summed E-state index contributed by atoms with van der Waals surface area (Å²) in [5.41, 5.74) is 0. The molecule has 0 radical (unpaired) electrons. The number of rotatable bonds is 4. The van der Waals surface area contributed by atoms with Crippen molar-refractivity contribution in [1.82, 2.24) is 0 Å². The summed E-state index contributed by atoms with van der Waals surface area (Å²) in [5.74, 6) is 0. The van der Waals surface area contributed by atoms with Crippen molar-refractivity contribution in [3.8, 4) is 0 Å². The van der Waals surface area contributed by atoms with Crippen LogP contribution in [-0.2, 0) is 0 Å². The third-order valence-corrected chi connectivity index (χ3v) is 16.4. The first-order valence-corrected chi connectivity index (χ1v) is 13.2. The van der Waals surface area contributed by atoms with Crippen LogP contribution in [0.25, 0.3) is 0 Å². The van der Waals surface area contributed by atoms with Gasteiger partial charge in [0.25, 0.3) is 0 Å². The molecule has 0 saturated carbocycles. The van der Waals surface area contributed by atoms with Gasteiger partial charge < -0.3 is 0 Å². The standard InChI is InChI=1S/C18H17BrP2/c19-20-21(16-10-4-1-5-11-16,17-12-6-2-7-13-17)18-14-8-3-9-15-18/h1-15,20-21H. The van der Waals surface area contributed by atoms with E-state index >= 15 is 0 Å². The first kappa shape index (κ1) is 14.9. The van der Waals surface area contributed by atoms with Crippen molar-refractivity contribution in [2.75, 3.05) is 0 Å². The SMILES string of the molecule is BrP[PH](c1ccccc1)(c1ccccc1)c1ccccc1. The summed E-state index contributed by atoms with van der Waals surface area (Å²) in [5, 5.41) is 4.37. The van der Waals surface area contributed by atoms with Gasteiger partial charge in [-0.3, -0.25) is 0 Å². The fourth-order valence-corrected chi connectivity index (χ4v) is 14.8. The zero-order valence-corrected chi connectivity index (χ0v) is 15.1. The molecule has 3 heteroatoms. The molecule has 0 bridgehead atoms. The van der Waals surface area contributed by atoms with E-state index in [-0.39, 0.29) is 0 Å². The van der Waals surface area contributed by atoms with Crippen LogP contribution in [0.3, 0.4) is 0 Å². The first-order valence-electron chi connectivity index (χ1n) is 6.92. The Bertz CT molecular complexity index is 588. The molecule has 0 aromatic heterocycles. The Kier molecular flexibility index (Phi) is 4.86. The van der Waals surface area contributed by atoms with Gasteiger partial charge in [-0.05, 0) is 0 Å². The molecule has 1 atom stereocenters. The molecule has 3 aromatic rings. The van der Waals surface area contributed by atoms with Gasteiger partial charge in [-0.1, -0.05) is 0 Å². The van der Waals surface area contributed by atoms with Gasteiger partial charge in [-0.15, -0.1) is 0 Å². The second-order valence-electron chi connectivity index (χ2n) is 4.94. The van der Waals surface area contributed by atoms with Crippen LogP contribution in [0.1, 0.15) is 0 Å². The maximum atomic E-state index is 3.87. The molecule has 3 rings (SSSR count). The molecular formula is C18H17BrP2.